The average Bonchev–Trinajstić information content (AvgIpc) is 2.77. The minimum absolute atomic E-state index is 0.00503. The van der Waals surface area contributed by atoms with Gasteiger partial charge in [0, 0.05) is 0 Å². The van der Waals surface area contributed by atoms with E-state index in [2.05, 4.69) is 16.0 Å². The SMILES string of the molecule is O=C(O)NC1(C(=O)NC(C(=O)OCc2ccccc2)C2CCCCC2)CCNCC1. The number of nitrogens with one attached hydrogen (secondary N) is 3. The van der Waals surface area contributed by atoms with Crippen molar-refractivity contribution in [1.82, 2.24) is 16.0 Å². The van der Waals surface area contributed by atoms with Crippen molar-refractivity contribution in [2.45, 2.75) is 63.1 Å². The zero-order valence-electron chi connectivity index (χ0n) is 17.2. The highest BCUT2D eigenvalue weighted by molar-refractivity contribution is 5.93. The highest BCUT2D eigenvalue weighted by atomic mass is 16.5. The number of hydrogen-bond donors (Lipinski definition) is 4. The molecule has 1 saturated heterocycles. The van der Waals surface area contributed by atoms with Crippen LogP contribution in [-0.4, -0.2) is 47.7 Å². The minimum atomic E-state index is -1.24. The Morgan fingerprint density at radius 3 is 2.40 bits per heavy atom. The van der Waals surface area contributed by atoms with Gasteiger partial charge in [0.05, 0.1) is 0 Å². The van der Waals surface area contributed by atoms with E-state index in [1.54, 1.807) is 0 Å². The molecule has 1 atom stereocenters. The summed E-state index contributed by atoms with van der Waals surface area (Å²) >= 11 is 0. The molecule has 1 aromatic rings. The predicted molar refractivity (Wildman–Crippen MR) is 111 cm³/mol. The molecule has 30 heavy (non-hydrogen) atoms. The van der Waals surface area contributed by atoms with Gasteiger partial charge in [-0.3, -0.25) is 4.79 Å². The molecule has 1 unspecified atom stereocenters. The fraction of sp³-hybridized carbons (Fsp3) is 0.591. The van der Waals surface area contributed by atoms with Crippen molar-refractivity contribution in [3.8, 4) is 0 Å². The summed E-state index contributed by atoms with van der Waals surface area (Å²) in [5.41, 5.74) is -0.356. The Morgan fingerprint density at radius 2 is 1.77 bits per heavy atom. The van der Waals surface area contributed by atoms with E-state index in [1.165, 1.54) is 0 Å². The lowest BCUT2D eigenvalue weighted by Gasteiger charge is -2.38. The number of rotatable bonds is 7. The van der Waals surface area contributed by atoms with Gasteiger partial charge in [0.2, 0.25) is 5.91 Å². The monoisotopic (exact) mass is 417 g/mol. The number of carbonyl (C=O) groups is 3. The lowest BCUT2D eigenvalue weighted by atomic mass is 9.82. The van der Waals surface area contributed by atoms with Gasteiger partial charge in [0.1, 0.15) is 18.2 Å². The van der Waals surface area contributed by atoms with Gasteiger partial charge in [-0.2, -0.15) is 0 Å². The van der Waals surface area contributed by atoms with E-state index in [0.29, 0.717) is 25.9 Å². The van der Waals surface area contributed by atoms with Crippen LogP contribution in [0.2, 0.25) is 0 Å². The van der Waals surface area contributed by atoms with E-state index in [1.807, 2.05) is 30.3 Å². The maximum absolute atomic E-state index is 13.2. The fourth-order valence-electron chi connectivity index (χ4n) is 4.40. The third kappa shape index (κ3) is 5.72. The highest BCUT2D eigenvalue weighted by Gasteiger charge is 2.44. The van der Waals surface area contributed by atoms with Crippen LogP contribution < -0.4 is 16.0 Å². The first kappa shape index (κ1) is 22.1. The van der Waals surface area contributed by atoms with E-state index in [-0.39, 0.29) is 12.5 Å². The predicted octanol–water partition coefficient (Wildman–Crippen LogP) is 2.18. The van der Waals surface area contributed by atoms with Gasteiger partial charge in [0.15, 0.2) is 0 Å². The fourth-order valence-corrected chi connectivity index (χ4v) is 4.40. The third-order valence-corrected chi connectivity index (χ3v) is 6.12. The molecule has 1 aliphatic heterocycles. The minimum Gasteiger partial charge on any atom is -0.465 e. The van der Waals surface area contributed by atoms with Crippen LogP contribution in [0.1, 0.15) is 50.5 Å². The van der Waals surface area contributed by atoms with Crippen LogP contribution in [0, 0.1) is 5.92 Å². The Morgan fingerprint density at radius 1 is 1.10 bits per heavy atom. The van der Waals surface area contributed by atoms with Gasteiger partial charge < -0.3 is 25.8 Å². The third-order valence-electron chi connectivity index (χ3n) is 6.12. The maximum atomic E-state index is 13.2. The standard InChI is InChI=1S/C22H31N3O5/c26-19(30-15-16-7-3-1-4-8-16)18(17-9-5-2-6-10-17)24-20(27)22(25-21(28)29)11-13-23-14-12-22/h1,3-4,7-8,17-18,23,25H,2,5-6,9-15H2,(H,24,27)(H,28,29). The van der Waals surface area contributed by atoms with E-state index < -0.39 is 29.6 Å². The van der Waals surface area contributed by atoms with E-state index >= 15 is 0 Å². The summed E-state index contributed by atoms with van der Waals surface area (Å²) in [6.45, 7) is 1.20. The first-order valence-electron chi connectivity index (χ1n) is 10.7. The van der Waals surface area contributed by atoms with Crippen LogP contribution in [0.4, 0.5) is 4.79 Å². The molecule has 0 radical (unpaired) electrons. The van der Waals surface area contributed by atoms with E-state index in [4.69, 9.17) is 4.74 Å². The van der Waals surface area contributed by atoms with Gasteiger partial charge in [-0.15, -0.1) is 0 Å². The van der Waals surface area contributed by atoms with Crippen LogP contribution >= 0.6 is 0 Å². The summed E-state index contributed by atoms with van der Waals surface area (Å²) < 4.78 is 5.54. The molecule has 1 heterocycles. The molecule has 1 aromatic carbocycles. The molecule has 2 aliphatic rings. The van der Waals surface area contributed by atoms with Crippen molar-refractivity contribution in [3.63, 3.8) is 0 Å². The second-order valence-electron chi connectivity index (χ2n) is 8.20. The molecule has 4 N–H and O–H groups in total. The van der Waals surface area contributed by atoms with Crippen LogP contribution in [0.25, 0.3) is 0 Å². The summed E-state index contributed by atoms with van der Waals surface area (Å²) in [5.74, 6) is -0.910. The Labute approximate surface area is 176 Å². The molecule has 0 spiro atoms. The van der Waals surface area contributed by atoms with Crippen molar-refractivity contribution >= 4 is 18.0 Å². The molecule has 1 aliphatic carbocycles. The smallest absolute Gasteiger partial charge is 0.405 e. The number of ether oxygens (including phenoxy) is 1. The molecular formula is C22H31N3O5. The van der Waals surface area contributed by atoms with Crippen molar-refractivity contribution in [1.29, 1.82) is 0 Å². The summed E-state index contributed by atoms with van der Waals surface area (Å²) in [6, 6.07) is 8.63. The van der Waals surface area contributed by atoms with Crippen molar-refractivity contribution in [2.75, 3.05) is 13.1 Å². The Kier molecular flexibility index (Phi) is 7.68. The molecule has 1 saturated carbocycles. The first-order valence-corrected chi connectivity index (χ1v) is 10.7. The highest BCUT2D eigenvalue weighted by Crippen LogP contribution is 2.28. The molecule has 2 fully saturated rings. The molecule has 8 heteroatoms. The zero-order chi connectivity index (χ0) is 21.4. The van der Waals surface area contributed by atoms with Crippen LogP contribution in [0.5, 0.6) is 0 Å². The normalized spacial score (nSPS) is 20.0. The lowest BCUT2D eigenvalue weighted by molar-refractivity contribution is -0.152. The van der Waals surface area contributed by atoms with Crippen LogP contribution in [0.3, 0.4) is 0 Å². The zero-order valence-corrected chi connectivity index (χ0v) is 17.2. The Hall–Kier alpha value is -2.61. The number of esters is 1. The van der Waals surface area contributed by atoms with Gasteiger partial charge in [-0.05, 0) is 50.3 Å². The number of carboxylic acid groups (broad SMARTS) is 1. The first-order chi connectivity index (χ1) is 14.5. The van der Waals surface area contributed by atoms with Gasteiger partial charge in [-0.1, -0.05) is 49.6 Å². The maximum Gasteiger partial charge on any atom is 0.405 e. The number of benzene rings is 1. The van der Waals surface area contributed by atoms with Gasteiger partial charge >= 0.3 is 12.1 Å². The second kappa shape index (κ2) is 10.4. The quantitative estimate of drug-likeness (QED) is 0.505. The van der Waals surface area contributed by atoms with Gasteiger partial charge in [0.25, 0.3) is 0 Å². The van der Waals surface area contributed by atoms with Crippen molar-refractivity contribution in [3.05, 3.63) is 35.9 Å². The molecule has 0 aromatic heterocycles. The summed E-state index contributed by atoms with van der Waals surface area (Å²) in [5, 5.41) is 17.7. The van der Waals surface area contributed by atoms with Crippen molar-refractivity contribution in [2.24, 2.45) is 5.92 Å². The topological polar surface area (TPSA) is 117 Å². The molecule has 2 amide bonds. The summed E-state index contributed by atoms with van der Waals surface area (Å²) in [7, 11) is 0. The Bertz CT molecular complexity index is 728. The molecule has 3 rings (SSSR count). The number of carbonyl (C=O) groups excluding carboxylic acids is 2. The average molecular weight is 418 g/mol. The van der Waals surface area contributed by atoms with E-state index in [9.17, 15) is 19.5 Å². The van der Waals surface area contributed by atoms with Crippen molar-refractivity contribution < 1.29 is 24.2 Å². The van der Waals surface area contributed by atoms with Gasteiger partial charge in [-0.25, -0.2) is 9.59 Å². The molecule has 164 valence electrons. The number of piperidine rings is 1. The number of hydrogen-bond acceptors (Lipinski definition) is 5. The summed E-state index contributed by atoms with van der Waals surface area (Å²) in [6.07, 6.45) is 4.23. The largest absolute Gasteiger partial charge is 0.465 e. The molecule has 8 nitrogen and oxygen atoms in total. The second-order valence-corrected chi connectivity index (χ2v) is 8.20. The Balaban J connectivity index is 1.72. The van der Waals surface area contributed by atoms with Crippen LogP contribution in [-0.2, 0) is 20.9 Å². The number of amides is 2. The lowest BCUT2D eigenvalue weighted by Crippen LogP contribution is -2.65. The molecule has 0 bridgehead atoms. The summed E-state index contributed by atoms with van der Waals surface area (Å²) in [4.78, 5) is 37.5. The van der Waals surface area contributed by atoms with E-state index in [0.717, 1.165) is 37.7 Å². The molecular weight excluding hydrogens is 386 g/mol. The van der Waals surface area contributed by atoms with Crippen LogP contribution in [0.15, 0.2) is 30.3 Å².